The molecule has 0 aliphatic carbocycles. The molecular weight excluding hydrogens is 320 g/mol. The normalized spacial score (nSPS) is 13.4. The van der Waals surface area contributed by atoms with E-state index in [0.29, 0.717) is 36.0 Å². The van der Waals surface area contributed by atoms with Gasteiger partial charge in [0, 0.05) is 0 Å². The maximum Gasteiger partial charge on any atom is 0.258 e. The number of nitrogens with zero attached hydrogens (tertiary/aromatic N) is 1. The summed E-state index contributed by atoms with van der Waals surface area (Å²) in [7, 11) is 0. The number of carbonyl (C=O) groups excluding carboxylic acids is 1. The predicted octanol–water partition coefficient (Wildman–Crippen LogP) is 2.59. The van der Waals surface area contributed by atoms with Crippen molar-refractivity contribution in [1.29, 1.82) is 5.26 Å². The number of fused-ring (bicyclic) bond motifs is 1. The van der Waals surface area contributed by atoms with Crippen molar-refractivity contribution in [3.63, 3.8) is 0 Å². The number of hydrogen-bond donors (Lipinski definition) is 1. The molecule has 1 amide bonds. The number of para-hydroxylation sites is 1. The first-order chi connectivity index (χ1) is 12.2. The molecule has 0 bridgehead atoms. The summed E-state index contributed by atoms with van der Waals surface area (Å²) in [5, 5.41) is 11.9. The third kappa shape index (κ3) is 4.01. The standard InChI is InChI=1S/C19H18N2O4/c1-13(14-6-7-17-18(10-14)24-9-8-23-17)21-19(22)12-25-16-5-3-2-4-15(16)11-20/h2-7,10,13H,8-9,12H2,1H3,(H,21,22). The van der Waals surface area contributed by atoms with E-state index in [4.69, 9.17) is 19.5 Å². The molecule has 1 unspecified atom stereocenters. The molecule has 2 aromatic rings. The monoisotopic (exact) mass is 338 g/mol. The molecule has 1 atom stereocenters. The molecular formula is C19H18N2O4. The van der Waals surface area contributed by atoms with Crippen molar-refractivity contribution in [1.82, 2.24) is 5.32 Å². The molecule has 6 heteroatoms. The lowest BCUT2D eigenvalue weighted by atomic mass is 10.1. The van der Waals surface area contributed by atoms with Crippen LogP contribution in [-0.4, -0.2) is 25.7 Å². The van der Waals surface area contributed by atoms with Gasteiger partial charge in [0.25, 0.3) is 5.91 Å². The van der Waals surface area contributed by atoms with Gasteiger partial charge in [0.2, 0.25) is 0 Å². The van der Waals surface area contributed by atoms with Crippen molar-refractivity contribution in [2.45, 2.75) is 13.0 Å². The van der Waals surface area contributed by atoms with Crippen LogP contribution in [0.5, 0.6) is 17.2 Å². The van der Waals surface area contributed by atoms with Crippen molar-refractivity contribution >= 4 is 5.91 Å². The van der Waals surface area contributed by atoms with Crippen LogP contribution in [0.1, 0.15) is 24.1 Å². The molecule has 6 nitrogen and oxygen atoms in total. The number of amides is 1. The van der Waals surface area contributed by atoms with E-state index in [-0.39, 0.29) is 18.6 Å². The third-order valence-corrected chi connectivity index (χ3v) is 3.81. The fraction of sp³-hybridized carbons (Fsp3) is 0.263. The zero-order valence-corrected chi connectivity index (χ0v) is 13.8. The van der Waals surface area contributed by atoms with Crippen molar-refractivity contribution in [3.8, 4) is 23.3 Å². The second kappa shape index (κ2) is 7.58. The molecule has 128 valence electrons. The van der Waals surface area contributed by atoms with Gasteiger partial charge in [0.05, 0.1) is 11.6 Å². The summed E-state index contributed by atoms with van der Waals surface area (Å²) in [6.45, 7) is 2.78. The highest BCUT2D eigenvalue weighted by Crippen LogP contribution is 2.32. The summed E-state index contributed by atoms with van der Waals surface area (Å²) in [4.78, 5) is 12.1. The van der Waals surface area contributed by atoms with Gasteiger partial charge in [-0.15, -0.1) is 0 Å². The average Bonchev–Trinajstić information content (AvgIpc) is 2.66. The van der Waals surface area contributed by atoms with Crippen molar-refractivity contribution in [2.75, 3.05) is 19.8 Å². The van der Waals surface area contributed by atoms with Gasteiger partial charge < -0.3 is 19.5 Å². The van der Waals surface area contributed by atoms with E-state index in [1.807, 2.05) is 31.2 Å². The SMILES string of the molecule is CC(NC(=O)COc1ccccc1C#N)c1ccc2c(c1)OCCO2. The molecule has 2 aromatic carbocycles. The molecule has 0 saturated heterocycles. The van der Waals surface area contributed by atoms with Gasteiger partial charge in [-0.25, -0.2) is 0 Å². The van der Waals surface area contributed by atoms with Gasteiger partial charge in [0.15, 0.2) is 18.1 Å². The van der Waals surface area contributed by atoms with Crippen LogP contribution in [0.3, 0.4) is 0 Å². The lowest BCUT2D eigenvalue weighted by Crippen LogP contribution is -2.31. The Morgan fingerprint density at radius 2 is 2.00 bits per heavy atom. The minimum absolute atomic E-state index is 0.159. The summed E-state index contributed by atoms with van der Waals surface area (Å²) in [5.41, 5.74) is 1.31. The van der Waals surface area contributed by atoms with E-state index in [0.717, 1.165) is 5.56 Å². The Labute approximate surface area is 145 Å². The van der Waals surface area contributed by atoms with Crippen LogP contribution in [0.4, 0.5) is 0 Å². The van der Waals surface area contributed by atoms with Crippen molar-refractivity contribution < 1.29 is 19.0 Å². The highest BCUT2D eigenvalue weighted by molar-refractivity contribution is 5.78. The number of benzene rings is 2. The Bertz CT molecular complexity index is 813. The van der Waals surface area contributed by atoms with E-state index in [1.54, 1.807) is 24.3 Å². The fourth-order valence-corrected chi connectivity index (χ4v) is 2.52. The van der Waals surface area contributed by atoms with Crippen LogP contribution in [0.15, 0.2) is 42.5 Å². The Balaban J connectivity index is 1.58. The van der Waals surface area contributed by atoms with Crippen molar-refractivity contribution in [3.05, 3.63) is 53.6 Å². The molecule has 3 rings (SSSR count). The largest absolute Gasteiger partial charge is 0.486 e. The molecule has 1 heterocycles. The number of ether oxygens (including phenoxy) is 3. The van der Waals surface area contributed by atoms with Crippen LogP contribution < -0.4 is 19.5 Å². The number of hydrogen-bond acceptors (Lipinski definition) is 5. The summed E-state index contributed by atoms with van der Waals surface area (Å²) in [6, 6.07) is 14.2. The Kier molecular flexibility index (Phi) is 5.05. The first-order valence-corrected chi connectivity index (χ1v) is 7.98. The second-order valence-corrected chi connectivity index (χ2v) is 5.59. The van der Waals surface area contributed by atoms with Gasteiger partial charge in [-0.3, -0.25) is 4.79 Å². The van der Waals surface area contributed by atoms with Crippen LogP contribution in [-0.2, 0) is 4.79 Å². The molecule has 0 fully saturated rings. The Morgan fingerprint density at radius 3 is 2.80 bits per heavy atom. The van der Waals surface area contributed by atoms with Gasteiger partial charge in [0.1, 0.15) is 25.0 Å². The summed E-state index contributed by atoms with van der Waals surface area (Å²) in [5.74, 6) is 1.52. The minimum atomic E-state index is -0.268. The summed E-state index contributed by atoms with van der Waals surface area (Å²) < 4.78 is 16.5. The van der Waals surface area contributed by atoms with Crippen molar-refractivity contribution in [2.24, 2.45) is 0 Å². The predicted molar refractivity (Wildman–Crippen MR) is 90.6 cm³/mol. The zero-order valence-electron chi connectivity index (χ0n) is 13.8. The smallest absolute Gasteiger partial charge is 0.258 e. The highest BCUT2D eigenvalue weighted by atomic mass is 16.6. The van der Waals surface area contributed by atoms with E-state index < -0.39 is 0 Å². The van der Waals surface area contributed by atoms with Gasteiger partial charge in [-0.2, -0.15) is 5.26 Å². The van der Waals surface area contributed by atoms with Crippen LogP contribution in [0.25, 0.3) is 0 Å². The molecule has 1 aliphatic heterocycles. The first-order valence-electron chi connectivity index (χ1n) is 7.98. The van der Waals surface area contributed by atoms with Crippen LogP contribution in [0.2, 0.25) is 0 Å². The summed E-state index contributed by atoms with van der Waals surface area (Å²) in [6.07, 6.45) is 0. The Hall–Kier alpha value is -3.20. The molecule has 1 N–H and O–H groups in total. The molecule has 0 saturated carbocycles. The molecule has 0 spiro atoms. The molecule has 25 heavy (non-hydrogen) atoms. The van der Waals surface area contributed by atoms with E-state index in [1.165, 1.54) is 0 Å². The third-order valence-electron chi connectivity index (χ3n) is 3.81. The van der Waals surface area contributed by atoms with E-state index in [9.17, 15) is 4.79 Å². The van der Waals surface area contributed by atoms with Crippen LogP contribution >= 0.6 is 0 Å². The Morgan fingerprint density at radius 1 is 1.24 bits per heavy atom. The topological polar surface area (TPSA) is 80.6 Å². The molecule has 0 aromatic heterocycles. The first kappa shape index (κ1) is 16.7. The van der Waals surface area contributed by atoms with E-state index in [2.05, 4.69) is 5.32 Å². The van der Waals surface area contributed by atoms with Crippen LogP contribution in [0, 0.1) is 11.3 Å². The lowest BCUT2D eigenvalue weighted by molar-refractivity contribution is -0.123. The average molecular weight is 338 g/mol. The van der Waals surface area contributed by atoms with Gasteiger partial charge in [-0.1, -0.05) is 18.2 Å². The maximum absolute atomic E-state index is 12.1. The lowest BCUT2D eigenvalue weighted by Gasteiger charge is -2.21. The minimum Gasteiger partial charge on any atom is -0.486 e. The van der Waals surface area contributed by atoms with Gasteiger partial charge in [-0.05, 0) is 36.8 Å². The number of carbonyl (C=O) groups is 1. The fourth-order valence-electron chi connectivity index (χ4n) is 2.52. The zero-order chi connectivity index (χ0) is 17.6. The molecule has 0 radical (unpaired) electrons. The van der Waals surface area contributed by atoms with E-state index >= 15 is 0 Å². The highest BCUT2D eigenvalue weighted by Gasteiger charge is 2.16. The second-order valence-electron chi connectivity index (χ2n) is 5.59. The number of rotatable bonds is 5. The number of nitrogens with one attached hydrogen (secondary N) is 1. The summed E-state index contributed by atoms with van der Waals surface area (Å²) >= 11 is 0. The number of nitriles is 1. The quantitative estimate of drug-likeness (QED) is 0.906. The maximum atomic E-state index is 12.1. The molecule has 1 aliphatic rings. The van der Waals surface area contributed by atoms with Gasteiger partial charge >= 0.3 is 0 Å².